The molecule has 0 fully saturated rings. The number of rotatable bonds is 5. The van der Waals surface area contributed by atoms with E-state index in [4.69, 9.17) is 4.42 Å². The molecule has 0 amide bonds. The number of hydrogen-bond acceptors (Lipinski definition) is 6. The maximum Gasteiger partial charge on any atom is 0.277 e. The van der Waals surface area contributed by atoms with E-state index in [1.165, 1.54) is 18.2 Å². The summed E-state index contributed by atoms with van der Waals surface area (Å²) in [6, 6.07) is 3.81. The summed E-state index contributed by atoms with van der Waals surface area (Å²) in [5.74, 6) is -0.732. The maximum atomic E-state index is 13.8. The summed E-state index contributed by atoms with van der Waals surface area (Å²) in [4.78, 5) is 4.33. The Bertz CT molecular complexity index is 798. The number of halogens is 2. The topological polar surface area (TPSA) is 51.8 Å². The van der Waals surface area contributed by atoms with E-state index in [2.05, 4.69) is 15.2 Å². The third-order valence-electron chi connectivity index (χ3n) is 3.13. The first-order valence-electron chi connectivity index (χ1n) is 6.87. The van der Waals surface area contributed by atoms with Gasteiger partial charge in [-0.25, -0.2) is 13.8 Å². The van der Waals surface area contributed by atoms with Gasteiger partial charge in [0, 0.05) is 16.2 Å². The van der Waals surface area contributed by atoms with Crippen LogP contribution in [0, 0.1) is 18.6 Å². The van der Waals surface area contributed by atoms with E-state index in [1.54, 1.807) is 18.3 Å². The monoisotopic (exact) mass is 353 g/mol. The van der Waals surface area contributed by atoms with Gasteiger partial charge in [0.25, 0.3) is 5.22 Å². The number of benzene rings is 1. The fourth-order valence-electron chi connectivity index (χ4n) is 2.11. The molecule has 4 nitrogen and oxygen atoms in total. The van der Waals surface area contributed by atoms with E-state index in [0.29, 0.717) is 12.3 Å². The Balaban J connectivity index is 1.71. The molecule has 3 rings (SSSR count). The van der Waals surface area contributed by atoms with Crippen molar-refractivity contribution in [1.29, 1.82) is 0 Å². The van der Waals surface area contributed by atoms with Gasteiger partial charge in [-0.2, -0.15) is 0 Å². The smallest absolute Gasteiger partial charge is 0.277 e. The zero-order valence-electron chi connectivity index (χ0n) is 12.4. The molecule has 0 aliphatic rings. The normalized spacial score (nSPS) is 12.5. The van der Waals surface area contributed by atoms with Crippen molar-refractivity contribution in [2.24, 2.45) is 0 Å². The van der Waals surface area contributed by atoms with E-state index < -0.39 is 16.9 Å². The summed E-state index contributed by atoms with van der Waals surface area (Å²) in [5.41, 5.74) is 0.869. The first-order valence-corrected chi connectivity index (χ1v) is 8.63. The highest BCUT2D eigenvalue weighted by Gasteiger charge is 2.20. The molecular formula is C15H13F2N3OS2. The van der Waals surface area contributed by atoms with Gasteiger partial charge in [-0.05, 0) is 26.0 Å². The molecule has 2 heterocycles. The van der Waals surface area contributed by atoms with Crippen LogP contribution in [0.15, 0.2) is 33.2 Å². The number of thioether (sulfide) groups is 1. The van der Waals surface area contributed by atoms with E-state index in [0.717, 1.165) is 22.5 Å². The first kappa shape index (κ1) is 16.1. The predicted octanol–water partition coefficient (Wildman–Crippen LogP) is 4.56. The minimum absolute atomic E-state index is 0.00683. The fourth-order valence-corrected chi connectivity index (χ4v) is 3.60. The molecule has 1 unspecified atom stereocenters. The number of nitrogens with zero attached hydrogens (tertiary/aromatic N) is 3. The van der Waals surface area contributed by atoms with Gasteiger partial charge in [-0.15, -0.1) is 21.5 Å². The van der Waals surface area contributed by atoms with Crippen molar-refractivity contribution in [2.75, 3.05) is 0 Å². The maximum absolute atomic E-state index is 13.8. The summed E-state index contributed by atoms with van der Waals surface area (Å²) in [6.45, 7) is 3.62. The van der Waals surface area contributed by atoms with Crippen molar-refractivity contribution < 1.29 is 13.2 Å². The lowest BCUT2D eigenvalue weighted by molar-refractivity contribution is 0.418. The minimum Gasteiger partial charge on any atom is -0.416 e. The molecule has 1 aromatic carbocycles. The number of hydrogen-bond donors (Lipinski definition) is 0. The molecule has 0 aliphatic carbocycles. The van der Waals surface area contributed by atoms with Gasteiger partial charge < -0.3 is 4.42 Å². The van der Waals surface area contributed by atoms with Crippen molar-refractivity contribution in [2.45, 2.75) is 30.7 Å². The second-order valence-electron chi connectivity index (χ2n) is 4.89. The summed E-state index contributed by atoms with van der Waals surface area (Å²) in [5, 5.41) is 10.6. The van der Waals surface area contributed by atoms with Crippen LogP contribution in [0.1, 0.15) is 34.3 Å². The molecule has 3 aromatic rings. The molecule has 0 radical (unpaired) electrons. The molecule has 0 N–H and O–H groups in total. The van der Waals surface area contributed by atoms with Crippen LogP contribution in [0.3, 0.4) is 0 Å². The van der Waals surface area contributed by atoms with E-state index in [-0.39, 0.29) is 10.8 Å². The molecule has 0 spiro atoms. The van der Waals surface area contributed by atoms with Crippen LogP contribution in [0.4, 0.5) is 8.78 Å². The Morgan fingerprint density at radius 2 is 2.00 bits per heavy atom. The molecule has 2 aromatic heterocycles. The number of aryl methyl sites for hydroxylation is 1. The van der Waals surface area contributed by atoms with Crippen molar-refractivity contribution >= 4 is 23.1 Å². The van der Waals surface area contributed by atoms with Gasteiger partial charge in [0.05, 0.1) is 17.1 Å². The van der Waals surface area contributed by atoms with Gasteiger partial charge >= 0.3 is 0 Å². The van der Waals surface area contributed by atoms with Crippen molar-refractivity contribution in [3.63, 3.8) is 0 Å². The Morgan fingerprint density at radius 3 is 2.65 bits per heavy atom. The van der Waals surface area contributed by atoms with Crippen molar-refractivity contribution in [1.82, 2.24) is 15.2 Å². The Kier molecular flexibility index (Phi) is 4.72. The van der Waals surface area contributed by atoms with E-state index in [1.807, 2.05) is 12.3 Å². The Morgan fingerprint density at radius 1 is 1.26 bits per heavy atom. The van der Waals surface area contributed by atoms with Crippen LogP contribution in [0.5, 0.6) is 0 Å². The molecule has 0 saturated carbocycles. The third-order valence-corrected chi connectivity index (χ3v) is 4.91. The lowest BCUT2D eigenvalue weighted by Crippen LogP contribution is -1.98. The molecule has 0 saturated heterocycles. The highest BCUT2D eigenvalue weighted by atomic mass is 32.2. The SMILES string of the molecule is Cc1nc(Cc2nnc(SC(C)c3c(F)cccc3F)o2)cs1. The molecule has 1 atom stereocenters. The molecule has 0 bridgehead atoms. The molecule has 0 aliphatic heterocycles. The van der Waals surface area contributed by atoms with E-state index in [9.17, 15) is 8.78 Å². The minimum atomic E-state index is -0.581. The predicted molar refractivity (Wildman–Crippen MR) is 84.6 cm³/mol. The van der Waals surface area contributed by atoms with Crippen molar-refractivity contribution in [3.8, 4) is 0 Å². The van der Waals surface area contributed by atoms with Crippen LogP contribution >= 0.6 is 23.1 Å². The summed E-state index contributed by atoms with van der Waals surface area (Å²) in [6.07, 6.45) is 0.445. The fraction of sp³-hybridized carbons (Fsp3) is 0.267. The molecular weight excluding hydrogens is 340 g/mol. The zero-order chi connectivity index (χ0) is 16.4. The average molecular weight is 353 g/mol. The standard InChI is InChI=1S/C15H13F2N3OS2/c1-8(14-11(16)4-3-5-12(14)17)23-15-20-19-13(21-15)6-10-7-22-9(2)18-10/h3-5,7-8H,6H2,1-2H3. The van der Waals surface area contributed by atoms with Gasteiger partial charge in [0.1, 0.15) is 11.6 Å². The molecule has 120 valence electrons. The van der Waals surface area contributed by atoms with Crippen LogP contribution in [0.25, 0.3) is 0 Å². The van der Waals surface area contributed by atoms with Crippen LogP contribution in [-0.2, 0) is 6.42 Å². The second kappa shape index (κ2) is 6.76. The van der Waals surface area contributed by atoms with E-state index >= 15 is 0 Å². The number of aromatic nitrogens is 3. The molecule has 8 heteroatoms. The summed E-state index contributed by atoms with van der Waals surface area (Å²) in [7, 11) is 0. The van der Waals surface area contributed by atoms with Gasteiger partial charge in [-0.1, -0.05) is 17.8 Å². The quantitative estimate of drug-likeness (QED) is 0.630. The largest absolute Gasteiger partial charge is 0.416 e. The van der Waals surface area contributed by atoms with Crippen LogP contribution in [-0.4, -0.2) is 15.2 Å². The van der Waals surface area contributed by atoms with Gasteiger partial charge in [0.15, 0.2) is 0 Å². The summed E-state index contributed by atoms with van der Waals surface area (Å²) >= 11 is 2.68. The summed E-state index contributed by atoms with van der Waals surface area (Å²) < 4.78 is 33.1. The van der Waals surface area contributed by atoms with Gasteiger partial charge in [0.2, 0.25) is 5.89 Å². The number of thiazole rings is 1. The Hall–Kier alpha value is -1.80. The highest BCUT2D eigenvalue weighted by Crippen LogP contribution is 2.36. The second-order valence-corrected chi connectivity index (χ2v) is 7.25. The average Bonchev–Trinajstić information content (AvgIpc) is 3.08. The van der Waals surface area contributed by atoms with Crippen LogP contribution < -0.4 is 0 Å². The zero-order valence-corrected chi connectivity index (χ0v) is 14.0. The Labute approximate surface area is 140 Å². The lowest BCUT2D eigenvalue weighted by atomic mass is 10.1. The van der Waals surface area contributed by atoms with Gasteiger partial charge in [-0.3, -0.25) is 0 Å². The first-order chi connectivity index (χ1) is 11.0. The molecule has 23 heavy (non-hydrogen) atoms. The third kappa shape index (κ3) is 3.76. The van der Waals surface area contributed by atoms with Crippen molar-refractivity contribution in [3.05, 3.63) is 57.4 Å². The lowest BCUT2D eigenvalue weighted by Gasteiger charge is -2.10. The van der Waals surface area contributed by atoms with Crippen LogP contribution in [0.2, 0.25) is 0 Å². The highest BCUT2D eigenvalue weighted by molar-refractivity contribution is 7.99.